The molecule has 24 heavy (non-hydrogen) atoms. The molecule has 0 aromatic heterocycles. The molecule has 1 aromatic rings. The first kappa shape index (κ1) is 18.6. The zero-order chi connectivity index (χ0) is 18.0. The van der Waals surface area contributed by atoms with Crippen molar-refractivity contribution in [2.75, 3.05) is 33.3 Å². The number of hydrogen-bond donors (Lipinski definition) is 0. The van der Waals surface area contributed by atoms with E-state index < -0.39 is 5.60 Å². The minimum atomic E-state index is -0.450. The summed E-state index contributed by atoms with van der Waals surface area (Å²) in [7, 11) is 1.69. The molecule has 0 spiro atoms. The smallest absolute Gasteiger partial charge is 0.410 e. The summed E-state index contributed by atoms with van der Waals surface area (Å²) < 4.78 is 10.8. The lowest BCUT2D eigenvalue weighted by atomic mass is 9.91. The van der Waals surface area contributed by atoms with E-state index in [-0.39, 0.29) is 11.6 Å². The average Bonchev–Trinajstić information content (AvgIpc) is 2.53. The molecular formula is C19H30N2O3. The Bertz CT molecular complexity index is 570. The van der Waals surface area contributed by atoms with Crippen LogP contribution in [0, 0.1) is 0 Å². The molecule has 0 unspecified atom stereocenters. The molecule has 2 rings (SSSR count). The molecular weight excluding hydrogens is 304 g/mol. The van der Waals surface area contributed by atoms with Crippen LogP contribution in [0.25, 0.3) is 0 Å². The number of hydrogen-bond acceptors (Lipinski definition) is 4. The first-order valence-electron chi connectivity index (χ1n) is 8.51. The topological polar surface area (TPSA) is 42.0 Å². The van der Waals surface area contributed by atoms with Crippen molar-refractivity contribution >= 4 is 6.09 Å². The largest absolute Gasteiger partial charge is 0.497 e. The first-order valence-corrected chi connectivity index (χ1v) is 8.51. The van der Waals surface area contributed by atoms with E-state index >= 15 is 0 Å². The number of nitrogens with zero attached hydrogens (tertiary/aromatic N) is 2. The summed E-state index contributed by atoms with van der Waals surface area (Å²) >= 11 is 0. The number of benzene rings is 1. The summed E-state index contributed by atoms with van der Waals surface area (Å²) in [5, 5.41) is 0. The van der Waals surface area contributed by atoms with Crippen LogP contribution >= 0.6 is 0 Å². The minimum Gasteiger partial charge on any atom is -0.497 e. The van der Waals surface area contributed by atoms with Gasteiger partial charge in [0.2, 0.25) is 0 Å². The van der Waals surface area contributed by atoms with Gasteiger partial charge >= 0.3 is 6.09 Å². The Hall–Kier alpha value is -1.75. The minimum absolute atomic E-state index is 0.117. The number of rotatable bonds is 3. The predicted octanol–water partition coefficient (Wildman–Crippen LogP) is 3.48. The maximum absolute atomic E-state index is 12.2. The maximum Gasteiger partial charge on any atom is 0.410 e. The molecule has 134 valence electrons. The van der Waals surface area contributed by atoms with Gasteiger partial charge in [0.05, 0.1) is 7.11 Å². The Labute approximate surface area is 145 Å². The van der Waals surface area contributed by atoms with Gasteiger partial charge in [0, 0.05) is 31.7 Å². The molecule has 0 radical (unpaired) electrons. The van der Waals surface area contributed by atoms with Gasteiger partial charge < -0.3 is 14.4 Å². The van der Waals surface area contributed by atoms with E-state index in [1.807, 2.05) is 32.9 Å². The lowest BCUT2D eigenvalue weighted by molar-refractivity contribution is 0.00126. The van der Waals surface area contributed by atoms with Gasteiger partial charge in [-0.1, -0.05) is 12.1 Å². The fraction of sp³-hybridized carbons (Fsp3) is 0.632. The number of carbonyl (C=O) groups excluding carboxylic acids is 1. The average molecular weight is 334 g/mol. The van der Waals surface area contributed by atoms with E-state index in [1.165, 1.54) is 5.56 Å². The Morgan fingerprint density at radius 1 is 1.04 bits per heavy atom. The molecule has 1 saturated heterocycles. The number of ether oxygens (including phenoxy) is 2. The Kier molecular flexibility index (Phi) is 5.43. The molecule has 0 N–H and O–H groups in total. The highest BCUT2D eigenvalue weighted by atomic mass is 16.6. The van der Waals surface area contributed by atoms with Crippen molar-refractivity contribution in [2.45, 2.75) is 45.8 Å². The highest BCUT2D eigenvalue weighted by Crippen LogP contribution is 2.31. The molecule has 0 aliphatic carbocycles. The molecule has 0 atom stereocenters. The monoisotopic (exact) mass is 334 g/mol. The Morgan fingerprint density at radius 2 is 1.67 bits per heavy atom. The van der Waals surface area contributed by atoms with Gasteiger partial charge in [0.1, 0.15) is 11.4 Å². The summed E-state index contributed by atoms with van der Waals surface area (Å²) in [5.41, 5.74) is 0.649. The van der Waals surface area contributed by atoms with Crippen molar-refractivity contribution in [3.8, 4) is 5.75 Å². The van der Waals surface area contributed by atoms with Crippen molar-refractivity contribution in [3.63, 3.8) is 0 Å². The summed E-state index contributed by atoms with van der Waals surface area (Å²) in [4.78, 5) is 16.4. The number of amides is 1. The molecule has 1 aliphatic heterocycles. The lowest BCUT2D eigenvalue weighted by Crippen LogP contribution is -2.55. The maximum atomic E-state index is 12.2. The molecule has 1 aliphatic rings. The van der Waals surface area contributed by atoms with Crippen molar-refractivity contribution in [1.29, 1.82) is 0 Å². The number of carbonyl (C=O) groups is 1. The standard InChI is InChI=1S/C19H30N2O3/c1-18(2,3)24-17(22)20-10-12-21(13-11-20)19(4,5)15-8-7-9-16(14-15)23-6/h7-9,14H,10-13H2,1-6H3. The van der Waals surface area contributed by atoms with Crippen LogP contribution in [0.2, 0.25) is 0 Å². The third-order valence-electron chi connectivity index (χ3n) is 4.50. The summed E-state index contributed by atoms with van der Waals surface area (Å²) in [5.74, 6) is 0.868. The third kappa shape index (κ3) is 4.41. The van der Waals surface area contributed by atoms with E-state index in [9.17, 15) is 4.79 Å². The van der Waals surface area contributed by atoms with Crippen LogP contribution in [0.4, 0.5) is 4.79 Å². The molecule has 1 aromatic carbocycles. The van der Waals surface area contributed by atoms with Crippen LogP contribution in [0.1, 0.15) is 40.2 Å². The van der Waals surface area contributed by atoms with Crippen LogP contribution in [0.15, 0.2) is 24.3 Å². The van der Waals surface area contributed by atoms with Gasteiger partial charge in [-0.25, -0.2) is 4.79 Å². The van der Waals surface area contributed by atoms with Crippen molar-refractivity contribution in [3.05, 3.63) is 29.8 Å². The Morgan fingerprint density at radius 3 is 2.21 bits per heavy atom. The van der Waals surface area contributed by atoms with Gasteiger partial charge in [-0.3, -0.25) is 4.90 Å². The molecule has 5 heteroatoms. The van der Waals surface area contributed by atoms with Gasteiger partial charge in [-0.05, 0) is 52.3 Å². The predicted molar refractivity (Wildman–Crippen MR) is 95.4 cm³/mol. The second-order valence-corrected chi connectivity index (χ2v) is 7.75. The second-order valence-electron chi connectivity index (χ2n) is 7.75. The van der Waals surface area contributed by atoms with Crippen LogP contribution in [-0.4, -0.2) is 54.8 Å². The summed E-state index contributed by atoms with van der Waals surface area (Å²) in [6.07, 6.45) is -0.221. The van der Waals surface area contributed by atoms with E-state index in [0.717, 1.165) is 18.8 Å². The molecule has 1 amide bonds. The fourth-order valence-corrected chi connectivity index (χ4v) is 2.96. The first-order chi connectivity index (χ1) is 11.1. The van der Waals surface area contributed by atoms with Crippen LogP contribution < -0.4 is 4.74 Å². The summed E-state index contributed by atoms with van der Waals surface area (Å²) in [6, 6.07) is 8.19. The zero-order valence-corrected chi connectivity index (χ0v) is 15.8. The molecule has 1 fully saturated rings. The highest BCUT2D eigenvalue weighted by molar-refractivity contribution is 5.68. The van der Waals surface area contributed by atoms with Crippen molar-refractivity contribution in [2.24, 2.45) is 0 Å². The van der Waals surface area contributed by atoms with Crippen LogP contribution in [-0.2, 0) is 10.3 Å². The van der Waals surface area contributed by atoms with Crippen molar-refractivity contribution in [1.82, 2.24) is 9.80 Å². The zero-order valence-electron chi connectivity index (χ0n) is 15.8. The molecule has 0 saturated carbocycles. The van der Waals surface area contributed by atoms with Crippen LogP contribution in [0.5, 0.6) is 5.75 Å². The Balaban J connectivity index is 2.01. The third-order valence-corrected chi connectivity index (χ3v) is 4.50. The molecule has 1 heterocycles. The van der Waals surface area contributed by atoms with E-state index in [4.69, 9.17) is 9.47 Å². The molecule has 5 nitrogen and oxygen atoms in total. The van der Waals surface area contributed by atoms with Gasteiger partial charge in [-0.15, -0.1) is 0 Å². The van der Waals surface area contributed by atoms with Gasteiger partial charge in [-0.2, -0.15) is 0 Å². The number of piperazine rings is 1. The van der Waals surface area contributed by atoms with E-state index in [0.29, 0.717) is 13.1 Å². The SMILES string of the molecule is COc1cccc(C(C)(C)N2CCN(C(=O)OC(C)(C)C)CC2)c1. The second kappa shape index (κ2) is 7.01. The quantitative estimate of drug-likeness (QED) is 0.849. The lowest BCUT2D eigenvalue weighted by Gasteiger charge is -2.44. The van der Waals surface area contributed by atoms with Crippen molar-refractivity contribution < 1.29 is 14.3 Å². The van der Waals surface area contributed by atoms with Gasteiger partial charge in [0.25, 0.3) is 0 Å². The molecule has 0 bridgehead atoms. The van der Waals surface area contributed by atoms with E-state index in [2.05, 4.69) is 30.9 Å². The van der Waals surface area contributed by atoms with Gasteiger partial charge in [0.15, 0.2) is 0 Å². The normalized spacial score (nSPS) is 16.8. The fourth-order valence-electron chi connectivity index (χ4n) is 2.96. The summed E-state index contributed by atoms with van der Waals surface area (Å²) in [6.45, 7) is 13.1. The van der Waals surface area contributed by atoms with Crippen LogP contribution in [0.3, 0.4) is 0 Å². The highest BCUT2D eigenvalue weighted by Gasteiger charge is 2.34. The number of methoxy groups -OCH3 is 1. The van der Waals surface area contributed by atoms with E-state index in [1.54, 1.807) is 12.0 Å².